The van der Waals surface area contributed by atoms with E-state index in [0.717, 1.165) is 19.8 Å². The summed E-state index contributed by atoms with van der Waals surface area (Å²) in [5.41, 5.74) is 4.04. The second-order valence-electron chi connectivity index (χ2n) is 4.08. The minimum Gasteiger partial charge on any atom is -0.386 e. The van der Waals surface area contributed by atoms with E-state index in [1.807, 2.05) is 0 Å². The maximum Gasteiger partial charge on any atom is 0.414 e. The van der Waals surface area contributed by atoms with E-state index in [0.29, 0.717) is 0 Å². The molecule has 1 aliphatic rings. The molecule has 0 radical (unpaired) electrons. The van der Waals surface area contributed by atoms with Gasteiger partial charge in [-0.15, -0.1) is 0 Å². The van der Waals surface area contributed by atoms with E-state index < -0.39 is 17.9 Å². The van der Waals surface area contributed by atoms with Crippen LogP contribution in [-0.2, 0) is 4.74 Å². The van der Waals surface area contributed by atoms with Gasteiger partial charge in [0.15, 0.2) is 6.10 Å². The fraction of sp³-hybridized carbons (Fsp3) is 1.00. The van der Waals surface area contributed by atoms with Crippen LogP contribution >= 0.6 is 0 Å². The first-order valence-electron chi connectivity index (χ1n) is 4.90. The van der Waals surface area contributed by atoms with Gasteiger partial charge in [0.25, 0.3) is 0 Å². The van der Waals surface area contributed by atoms with Crippen molar-refractivity contribution in [2.24, 2.45) is 11.7 Å². The number of hydrogen-bond donors (Lipinski definition) is 2. The van der Waals surface area contributed by atoms with Gasteiger partial charge in [-0.1, -0.05) is 0 Å². The summed E-state index contributed by atoms with van der Waals surface area (Å²) in [5.74, 6) is -0.0112. The van der Waals surface area contributed by atoms with Crippen LogP contribution in [0.15, 0.2) is 0 Å². The van der Waals surface area contributed by atoms with Gasteiger partial charge in [0.2, 0.25) is 0 Å². The van der Waals surface area contributed by atoms with Crippen molar-refractivity contribution in [2.75, 3.05) is 13.2 Å². The summed E-state index contributed by atoms with van der Waals surface area (Å²) in [6.45, 7) is 0.501. The first-order chi connectivity index (χ1) is 6.79. The molecule has 0 aromatic rings. The van der Waals surface area contributed by atoms with Crippen LogP contribution in [0, 0.1) is 5.92 Å². The Morgan fingerprint density at radius 2 is 2.00 bits per heavy atom. The molecule has 6 heteroatoms. The summed E-state index contributed by atoms with van der Waals surface area (Å²) < 4.78 is 40.9. The third kappa shape index (κ3) is 3.32. The second-order valence-corrected chi connectivity index (χ2v) is 4.08. The zero-order valence-corrected chi connectivity index (χ0v) is 8.55. The Morgan fingerprint density at radius 3 is 2.33 bits per heavy atom. The molecular formula is C9H16F3NO2. The molecule has 0 heterocycles. The second kappa shape index (κ2) is 4.27. The molecule has 3 nitrogen and oxygen atoms in total. The van der Waals surface area contributed by atoms with Gasteiger partial charge >= 0.3 is 6.18 Å². The third-order valence-electron chi connectivity index (χ3n) is 2.73. The molecule has 1 aliphatic carbocycles. The minimum atomic E-state index is -4.39. The standard InChI is InChI=1S/C9H16F3NO2/c1-6(9(10,11)12)15-5-8(14,4-13)7-2-3-7/h6-7,14H,2-5,13H2,1H3. The molecule has 0 aliphatic heterocycles. The molecule has 3 N–H and O–H groups in total. The number of alkyl halides is 3. The van der Waals surface area contributed by atoms with Crippen molar-refractivity contribution in [3.8, 4) is 0 Å². The predicted molar refractivity (Wildman–Crippen MR) is 48.2 cm³/mol. The molecule has 15 heavy (non-hydrogen) atoms. The highest BCUT2D eigenvalue weighted by molar-refractivity contribution is 4.95. The molecule has 1 rings (SSSR count). The van der Waals surface area contributed by atoms with Crippen molar-refractivity contribution in [1.82, 2.24) is 0 Å². The van der Waals surface area contributed by atoms with E-state index in [4.69, 9.17) is 5.73 Å². The Bertz CT molecular complexity index is 218. The topological polar surface area (TPSA) is 55.5 Å². The summed E-state index contributed by atoms with van der Waals surface area (Å²) in [4.78, 5) is 0. The van der Waals surface area contributed by atoms with Gasteiger partial charge in [0, 0.05) is 6.54 Å². The smallest absolute Gasteiger partial charge is 0.386 e. The van der Waals surface area contributed by atoms with Crippen molar-refractivity contribution in [3.05, 3.63) is 0 Å². The van der Waals surface area contributed by atoms with Crippen LogP contribution in [0.5, 0.6) is 0 Å². The summed E-state index contributed by atoms with van der Waals surface area (Å²) in [7, 11) is 0. The van der Waals surface area contributed by atoms with Crippen LogP contribution in [0.1, 0.15) is 19.8 Å². The van der Waals surface area contributed by atoms with Gasteiger partial charge in [-0.25, -0.2) is 0 Å². The minimum absolute atomic E-state index is 0.0112. The maximum absolute atomic E-state index is 12.1. The number of nitrogens with two attached hydrogens (primary N) is 1. The highest BCUT2D eigenvalue weighted by Crippen LogP contribution is 2.39. The highest BCUT2D eigenvalue weighted by Gasteiger charge is 2.45. The quantitative estimate of drug-likeness (QED) is 0.738. The van der Waals surface area contributed by atoms with Gasteiger partial charge in [-0.05, 0) is 25.7 Å². The molecular weight excluding hydrogens is 211 g/mol. The lowest BCUT2D eigenvalue weighted by molar-refractivity contribution is -0.227. The lowest BCUT2D eigenvalue weighted by atomic mass is 9.99. The van der Waals surface area contributed by atoms with Crippen molar-refractivity contribution in [3.63, 3.8) is 0 Å². The Kier molecular flexibility index (Phi) is 3.63. The molecule has 90 valence electrons. The zero-order valence-electron chi connectivity index (χ0n) is 8.55. The summed E-state index contributed by atoms with van der Waals surface area (Å²) >= 11 is 0. The van der Waals surface area contributed by atoms with Crippen LogP contribution in [0.2, 0.25) is 0 Å². The first-order valence-corrected chi connectivity index (χ1v) is 4.90. The van der Waals surface area contributed by atoms with E-state index in [2.05, 4.69) is 4.74 Å². The SMILES string of the molecule is CC(OCC(O)(CN)C1CC1)C(F)(F)F. The fourth-order valence-electron chi connectivity index (χ4n) is 1.33. The van der Waals surface area contributed by atoms with E-state index in [-0.39, 0.29) is 19.1 Å². The lowest BCUT2D eigenvalue weighted by Gasteiger charge is -2.28. The largest absolute Gasteiger partial charge is 0.414 e. The maximum atomic E-state index is 12.1. The van der Waals surface area contributed by atoms with E-state index in [9.17, 15) is 18.3 Å². The summed E-state index contributed by atoms with van der Waals surface area (Å²) in [6, 6.07) is 0. The van der Waals surface area contributed by atoms with Crippen LogP contribution in [0.4, 0.5) is 13.2 Å². The normalized spacial score (nSPS) is 23.6. The van der Waals surface area contributed by atoms with Crippen molar-refractivity contribution < 1.29 is 23.0 Å². The molecule has 0 saturated heterocycles. The lowest BCUT2D eigenvalue weighted by Crippen LogP contribution is -2.46. The predicted octanol–water partition coefficient (Wildman–Crippen LogP) is 1.05. The molecule has 2 atom stereocenters. The number of halogens is 3. The Labute approximate surface area is 86.4 Å². The van der Waals surface area contributed by atoms with Gasteiger partial charge in [-0.3, -0.25) is 0 Å². The average molecular weight is 227 g/mol. The van der Waals surface area contributed by atoms with E-state index in [1.165, 1.54) is 0 Å². The number of aliphatic hydroxyl groups is 1. The van der Waals surface area contributed by atoms with Crippen LogP contribution in [0.25, 0.3) is 0 Å². The van der Waals surface area contributed by atoms with Crippen molar-refractivity contribution in [2.45, 2.75) is 37.6 Å². The summed E-state index contributed by atoms with van der Waals surface area (Å²) in [6.07, 6.45) is -4.65. The molecule has 0 bridgehead atoms. The van der Waals surface area contributed by atoms with Crippen molar-refractivity contribution >= 4 is 0 Å². The Morgan fingerprint density at radius 1 is 1.47 bits per heavy atom. The van der Waals surface area contributed by atoms with Gasteiger partial charge in [0.1, 0.15) is 5.60 Å². The van der Waals surface area contributed by atoms with Gasteiger partial charge < -0.3 is 15.6 Å². The zero-order chi connectivity index (χ0) is 11.7. The third-order valence-corrected chi connectivity index (χ3v) is 2.73. The average Bonchev–Trinajstić information content (AvgIpc) is 2.95. The van der Waals surface area contributed by atoms with Gasteiger partial charge in [0.05, 0.1) is 6.61 Å². The number of hydrogen-bond acceptors (Lipinski definition) is 3. The first kappa shape index (κ1) is 12.7. The number of rotatable bonds is 5. The monoisotopic (exact) mass is 227 g/mol. The molecule has 0 aromatic carbocycles. The van der Waals surface area contributed by atoms with Crippen LogP contribution in [-0.4, -0.2) is 36.1 Å². The van der Waals surface area contributed by atoms with Crippen LogP contribution in [0.3, 0.4) is 0 Å². The Balaban J connectivity index is 2.40. The molecule has 0 amide bonds. The molecule has 0 aromatic heterocycles. The van der Waals surface area contributed by atoms with Crippen LogP contribution < -0.4 is 5.73 Å². The summed E-state index contributed by atoms with van der Waals surface area (Å²) in [5, 5.41) is 9.86. The van der Waals surface area contributed by atoms with E-state index >= 15 is 0 Å². The highest BCUT2D eigenvalue weighted by atomic mass is 19.4. The molecule has 2 unspecified atom stereocenters. The molecule has 1 saturated carbocycles. The van der Waals surface area contributed by atoms with Gasteiger partial charge in [-0.2, -0.15) is 13.2 Å². The number of ether oxygens (including phenoxy) is 1. The van der Waals surface area contributed by atoms with Crippen molar-refractivity contribution in [1.29, 1.82) is 0 Å². The van der Waals surface area contributed by atoms with E-state index in [1.54, 1.807) is 0 Å². The molecule has 0 spiro atoms. The fourth-order valence-corrected chi connectivity index (χ4v) is 1.33. The Hall–Kier alpha value is -0.330. The molecule has 1 fully saturated rings.